The highest BCUT2D eigenvalue weighted by Gasteiger charge is 2.34. The van der Waals surface area contributed by atoms with Crippen LogP contribution in [0.25, 0.3) is 0 Å². The van der Waals surface area contributed by atoms with Crippen LogP contribution < -0.4 is 0 Å². The molecular formula is C23H27ClN2O2S. The first-order valence-electron chi connectivity index (χ1n) is 10.1. The molecule has 0 radical (unpaired) electrons. The molecule has 2 aromatic rings. The molecular weight excluding hydrogens is 404 g/mol. The minimum Gasteiger partial charge on any atom is -0.212 e. The molecule has 0 aliphatic carbocycles. The van der Waals surface area contributed by atoms with Crippen molar-refractivity contribution in [3.05, 3.63) is 70.2 Å². The number of aryl methyl sites for hydroxylation is 1. The molecule has 2 unspecified atom stereocenters. The molecule has 0 bridgehead atoms. The number of sulfonamides is 1. The van der Waals surface area contributed by atoms with E-state index in [2.05, 4.69) is 30.3 Å². The number of hydrogen-bond donors (Lipinski definition) is 0. The Morgan fingerprint density at radius 3 is 2.62 bits per heavy atom. The molecule has 29 heavy (non-hydrogen) atoms. The van der Waals surface area contributed by atoms with E-state index in [1.807, 2.05) is 18.2 Å². The highest BCUT2D eigenvalue weighted by Crippen LogP contribution is 2.32. The number of hydrogen-bond acceptors (Lipinski definition) is 3. The fraction of sp³-hybridized carbons (Fsp3) is 0.435. The van der Waals surface area contributed by atoms with Crippen molar-refractivity contribution in [1.29, 1.82) is 5.26 Å². The van der Waals surface area contributed by atoms with Crippen LogP contribution in [-0.4, -0.2) is 31.6 Å². The number of halogens is 1. The van der Waals surface area contributed by atoms with Crippen molar-refractivity contribution in [3.8, 4) is 6.07 Å². The van der Waals surface area contributed by atoms with Crippen molar-refractivity contribution in [2.24, 2.45) is 11.8 Å². The Kier molecular flexibility index (Phi) is 7.34. The van der Waals surface area contributed by atoms with Gasteiger partial charge in [-0.05, 0) is 67.7 Å². The molecule has 6 heteroatoms. The van der Waals surface area contributed by atoms with E-state index in [9.17, 15) is 8.42 Å². The molecule has 0 spiro atoms. The van der Waals surface area contributed by atoms with Crippen molar-refractivity contribution in [3.63, 3.8) is 0 Å². The second-order valence-electron chi connectivity index (χ2n) is 7.72. The van der Waals surface area contributed by atoms with Gasteiger partial charge in [0.15, 0.2) is 0 Å². The lowest BCUT2D eigenvalue weighted by Crippen LogP contribution is -2.31. The Bertz CT molecular complexity index is 970. The van der Waals surface area contributed by atoms with Crippen LogP contribution in [0.4, 0.5) is 0 Å². The fourth-order valence-electron chi connectivity index (χ4n) is 4.15. The molecule has 0 saturated carbocycles. The number of rotatable bonds is 8. The maximum atomic E-state index is 12.3. The van der Waals surface area contributed by atoms with Crippen molar-refractivity contribution < 1.29 is 8.42 Å². The highest BCUT2D eigenvalue weighted by atomic mass is 35.5. The molecule has 3 rings (SSSR count). The minimum absolute atomic E-state index is 0.160. The summed E-state index contributed by atoms with van der Waals surface area (Å²) in [6.07, 6.45) is 3.67. The molecule has 2 atom stereocenters. The van der Waals surface area contributed by atoms with Gasteiger partial charge in [-0.25, -0.2) is 12.7 Å². The zero-order valence-electron chi connectivity index (χ0n) is 16.7. The fourth-order valence-corrected chi connectivity index (χ4v) is 5.56. The molecule has 2 aromatic carbocycles. The SMILES string of the molecule is CCS(=O)(=O)N1CCC(C(CCc2ccc(C#N)c(Cl)c2)Cc2ccccc2)C1. The third-order valence-corrected chi connectivity index (χ3v) is 8.07. The quantitative estimate of drug-likeness (QED) is 0.611. The lowest BCUT2D eigenvalue weighted by Gasteiger charge is -2.24. The number of benzene rings is 2. The topological polar surface area (TPSA) is 61.2 Å². The molecule has 1 aliphatic rings. The normalized spacial score (nSPS) is 18.4. The van der Waals surface area contributed by atoms with E-state index in [-0.39, 0.29) is 5.75 Å². The summed E-state index contributed by atoms with van der Waals surface area (Å²) in [5.41, 5.74) is 2.89. The average Bonchev–Trinajstić information content (AvgIpc) is 3.23. The molecule has 1 saturated heterocycles. The van der Waals surface area contributed by atoms with Gasteiger partial charge in [0.25, 0.3) is 0 Å². The molecule has 1 heterocycles. The van der Waals surface area contributed by atoms with Crippen molar-refractivity contribution in [2.75, 3.05) is 18.8 Å². The first-order valence-corrected chi connectivity index (χ1v) is 12.1. The molecule has 0 amide bonds. The van der Waals surface area contributed by atoms with Crippen LogP contribution in [-0.2, 0) is 22.9 Å². The molecule has 1 aliphatic heterocycles. The standard InChI is InChI=1S/C23H27ClN2O2S/c1-2-29(27,28)26-13-12-22(17-26)20(14-18-6-4-3-5-7-18)10-8-19-9-11-21(16-25)23(24)15-19/h3-7,9,11,15,20,22H,2,8,10,12-14,17H2,1H3. The van der Waals surface area contributed by atoms with Gasteiger partial charge in [-0.1, -0.05) is 48.0 Å². The molecule has 154 valence electrons. The first kappa shape index (κ1) is 21.8. The van der Waals surface area contributed by atoms with E-state index in [0.717, 1.165) is 31.2 Å². The van der Waals surface area contributed by atoms with Crippen molar-refractivity contribution in [2.45, 2.75) is 32.6 Å². The number of nitrogens with zero attached hydrogens (tertiary/aromatic N) is 2. The van der Waals surface area contributed by atoms with Crippen LogP contribution in [0.5, 0.6) is 0 Å². The Hall–Kier alpha value is -1.87. The van der Waals surface area contributed by atoms with E-state index >= 15 is 0 Å². The second kappa shape index (κ2) is 9.75. The first-order chi connectivity index (χ1) is 13.9. The molecule has 4 nitrogen and oxygen atoms in total. The predicted octanol–water partition coefficient (Wildman–Crippen LogP) is 4.67. The summed E-state index contributed by atoms with van der Waals surface area (Å²) in [5.74, 6) is 0.904. The summed E-state index contributed by atoms with van der Waals surface area (Å²) < 4.78 is 26.2. The molecule has 0 aromatic heterocycles. The Morgan fingerprint density at radius 1 is 1.21 bits per heavy atom. The number of nitriles is 1. The van der Waals surface area contributed by atoms with Gasteiger partial charge < -0.3 is 0 Å². The third kappa shape index (κ3) is 5.60. The van der Waals surface area contributed by atoms with Crippen LogP contribution in [0.3, 0.4) is 0 Å². The Labute approximate surface area is 179 Å². The zero-order valence-corrected chi connectivity index (χ0v) is 18.3. The summed E-state index contributed by atoms with van der Waals surface area (Å²) in [5, 5.41) is 9.55. The van der Waals surface area contributed by atoms with Gasteiger partial charge >= 0.3 is 0 Å². The zero-order chi connectivity index (χ0) is 20.9. The van der Waals surface area contributed by atoms with E-state index in [1.165, 1.54) is 5.56 Å². The van der Waals surface area contributed by atoms with Gasteiger partial charge in [-0.3, -0.25) is 0 Å². The summed E-state index contributed by atoms with van der Waals surface area (Å²) in [6, 6.07) is 18.1. The van der Waals surface area contributed by atoms with Gasteiger partial charge in [0.2, 0.25) is 10.0 Å². The third-order valence-electron chi connectivity index (χ3n) is 5.91. The van der Waals surface area contributed by atoms with E-state index in [4.69, 9.17) is 16.9 Å². The summed E-state index contributed by atoms with van der Waals surface area (Å²) in [4.78, 5) is 0. The second-order valence-corrected chi connectivity index (χ2v) is 10.4. The van der Waals surface area contributed by atoms with Gasteiger partial charge in [-0.2, -0.15) is 5.26 Å². The maximum absolute atomic E-state index is 12.3. The van der Waals surface area contributed by atoms with Gasteiger partial charge in [-0.15, -0.1) is 0 Å². The smallest absolute Gasteiger partial charge is 0.212 e. The predicted molar refractivity (Wildman–Crippen MR) is 117 cm³/mol. The van der Waals surface area contributed by atoms with E-state index in [1.54, 1.807) is 17.3 Å². The van der Waals surface area contributed by atoms with Crippen LogP contribution >= 0.6 is 11.6 Å². The average molecular weight is 431 g/mol. The van der Waals surface area contributed by atoms with Crippen LogP contribution in [0.15, 0.2) is 48.5 Å². The molecule has 1 fully saturated rings. The molecule has 0 N–H and O–H groups in total. The van der Waals surface area contributed by atoms with Crippen LogP contribution in [0, 0.1) is 23.2 Å². The maximum Gasteiger partial charge on any atom is 0.213 e. The summed E-state index contributed by atoms with van der Waals surface area (Å²) in [7, 11) is -3.13. The van der Waals surface area contributed by atoms with Gasteiger partial charge in [0, 0.05) is 13.1 Å². The van der Waals surface area contributed by atoms with Gasteiger partial charge in [0.05, 0.1) is 16.3 Å². The van der Waals surface area contributed by atoms with E-state index in [0.29, 0.717) is 35.5 Å². The minimum atomic E-state index is -3.13. The Morgan fingerprint density at radius 2 is 1.97 bits per heavy atom. The Balaban J connectivity index is 1.73. The van der Waals surface area contributed by atoms with Crippen LogP contribution in [0.2, 0.25) is 5.02 Å². The monoisotopic (exact) mass is 430 g/mol. The lowest BCUT2D eigenvalue weighted by molar-refractivity contribution is 0.319. The van der Waals surface area contributed by atoms with Crippen molar-refractivity contribution >= 4 is 21.6 Å². The summed E-state index contributed by atoms with van der Waals surface area (Å²) >= 11 is 6.19. The lowest BCUT2D eigenvalue weighted by atomic mass is 9.82. The van der Waals surface area contributed by atoms with Crippen molar-refractivity contribution in [1.82, 2.24) is 4.31 Å². The largest absolute Gasteiger partial charge is 0.213 e. The van der Waals surface area contributed by atoms with Gasteiger partial charge in [0.1, 0.15) is 6.07 Å². The van der Waals surface area contributed by atoms with E-state index < -0.39 is 10.0 Å². The summed E-state index contributed by atoms with van der Waals surface area (Å²) in [6.45, 7) is 2.94. The van der Waals surface area contributed by atoms with Crippen LogP contribution in [0.1, 0.15) is 36.5 Å². The highest BCUT2D eigenvalue weighted by molar-refractivity contribution is 7.89.